The van der Waals surface area contributed by atoms with E-state index in [0.717, 1.165) is 5.69 Å². The van der Waals surface area contributed by atoms with Crippen LogP contribution in [-0.2, 0) is 9.53 Å². The Morgan fingerprint density at radius 2 is 1.70 bits per heavy atom. The van der Waals surface area contributed by atoms with Crippen LogP contribution >= 0.6 is 0 Å². The Labute approximate surface area is 173 Å². The van der Waals surface area contributed by atoms with Gasteiger partial charge in [0.05, 0.1) is 33.8 Å². The van der Waals surface area contributed by atoms with Crippen molar-refractivity contribution in [2.24, 2.45) is 0 Å². The molecule has 0 saturated carbocycles. The Morgan fingerprint density at radius 3 is 2.30 bits per heavy atom. The molecule has 30 heavy (non-hydrogen) atoms. The van der Waals surface area contributed by atoms with Crippen LogP contribution in [-0.4, -0.2) is 48.0 Å². The van der Waals surface area contributed by atoms with E-state index in [2.05, 4.69) is 15.5 Å². The molecule has 3 rings (SSSR count). The number of ether oxygens (including phenoxy) is 3. The fourth-order valence-corrected chi connectivity index (χ4v) is 2.96. The summed E-state index contributed by atoms with van der Waals surface area (Å²) in [5, 5.41) is 10.4. The number of carbonyl (C=O) groups excluding carboxylic acids is 2. The maximum absolute atomic E-state index is 12.9. The molecule has 0 bridgehead atoms. The van der Waals surface area contributed by atoms with Crippen molar-refractivity contribution < 1.29 is 23.8 Å². The quantitative estimate of drug-likeness (QED) is 0.568. The van der Waals surface area contributed by atoms with E-state index in [1.54, 1.807) is 66.8 Å². The minimum Gasteiger partial charge on any atom is -0.497 e. The standard InChI is InChI=1S/C21H22N4O5/c1-28-16-8-9-17(19(10-16)29-2)18(11-20(26)30-3)24-21(27)14-4-6-15(7-5-14)25-12-22-23-13-25/h4-10,12-13,18H,11H2,1-3H3,(H,24,27)/t18-/m0/s1. The predicted molar refractivity (Wildman–Crippen MR) is 108 cm³/mol. The molecule has 0 fully saturated rings. The molecular formula is C21H22N4O5. The van der Waals surface area contributed by atoms with Crippen LogP contribution in [0.2, 0.25) is 0 Å². The van der Waals surface area contributed by atoms with E-state index in [-0.39, 0.29) is 12.3 Å². The summed E-state index contributed by atoms with van der Waals surface area (Å²) in [6.07, 6.45) is 3.08. The normalized spacial score (nSPS) is 11.4. The molecule has 2 aromatic carbocycles. The first-order valence-electron chi connectivity index (χ1n) is 9.10. The van der Waals surface area contributed by atoms with Crippen molar-refractivity contribution in [3.8, 4) is 17.2 Å². The lowest BCUT2D eigenvalue weighted by Gasteiger charge is -2.21. The Morgan fingerprint density at radius 1 is 1.00 bits per heavy atom. The highest BCUT2D eigenvalue weighted by atomic mass is 16.5. The maximum atomic E-state index is 12.9. The summed E-state index contributed by atoms with van der Waals surface area (Å²) in [5.74, 6) is 0.299. The minimum atomic E-state index is -0.650. The smallest absolute Gasteiger partial charge is 0.307 e. The monoisotopic (exact) mass is 410 g/mol. The Balaban J connectivity index is 1.84. The number of nitrogens with zero attached hydrogens (tertiary/aromatic N) is 3. The van der Waals surface area contributed by atoms with Crippen LogP contribution in [0, 0.1) is 0 Å². The van der Waals surface area contributed by atoms with E-state index in [9.17, 15) is 9.59 Å². The molecule has 1 heterocycles. The molecule has 1 N–H and O–H groups in total. The van der Waals surface area contributed by atoms with E-state index >= 15 is 0 Å². The van der Waals surface area contributed by atoms with Gasteiger partial charge in [0.1, 0.15) is 24.2 Å². The summed E-state index contributed by atoms with van der Waals surface area (Å²) in [5.41, 5.74) is 1.90. The van der Waals surface area contributed by atoms with Crippen LogP contribution in [0.25, 0.3) is 5.69 Å². The van der Waals surface area contributed by atoms with Crippen molar-refractivity contribution in [3.63, 3.8) is 0 Å². The van der Waals surface area contributed by atoms with Gasteiger partial charge in [-0.1, -0.05) is 0 Å². The molecular weight excluding hydrogens is 388 g/mol. The van der Waals surface area contributed by atoms with E-state index in [1.807, 2.05) is 0 Å². The molecule has 1 amide bonds. The van der Waals surface area contributed by atoms with Crippen molar-refractivity contribution in [2.45, 2.75) is 12.5 Å². The largest absolute Gasteiger partial charge is 0.497 e. The molecule has 1 atom stereocenters. The molecule has 0 radical (unpaired) electrons. The van der Waals surface area contributed by atoms with E-state index in [1.165, 1.54) is 14.2 Å². The third-order valence-corrected chi connectivity index (χ3v) is 4.57. The third-order valence-electron chi connectivity index (χ3n) is 4.57. The summed E-state index contributed by atoms with van der Waals surface area (Å²) in [4.78, 5) is 24.8. The molecule has 0 aliphatic heterocycles. The van der Waals surface area contributed by atoms with Gasteiger partial charge in [0.15, 0.2) is 0 Å². The van der Waals surface area contributed by atoms with Crippen LogP contribution in [0.3, 0.4) is 0 Å². The maximum Gasteiger partial charge on any atom is 0.307 e. The first-order chi connectivity index (χ1) is 14.5. The number of carbonyl (C=O) groups is 2. The van der Waals surface area contributed by atoms with Gasteiger partial charge in [-0.05, 0) is 36.4 Å². The molecule has 3 aromatic rings. The minimum absolute atomic E-state index is 0.0519. The average Bonchev–Trinajstić information content (AvgIpc) is 3.33. The fraction of sp³-hybridized carbons (Fsp3) is 0.238. The van der Waals surface area contributed by atoms with Gasteiger partial charge in [0, 0.05) is 22.9 Å². The van der Waals surface area contributed by atoms with Gasteiger partial charge in [-0.2, -0.15) is 0 Å². The van der Waals surface area contributed by atoms with Gasteiger partial charge in [-0.25, -0.2) is 0 Å². The summed E-state index contributed by atoms with van der Waals surface area (Å²) < 4.78 is 17.2. The molecule has 0 saturated heterocycles. The van der Waals surface area contributed by atoms with Gasteiger partial charge < -0.3 is 19.5 Å². The highest BCUT2D eigenvalue weighted by molar-refractivity contribution is 5.95. The molecule has 156 valence electrons. The number of hydrogen-bond acceptors (Lipinski definition) is 7. The third kappa shape index (κ3) is 4.75. The van der Waals surface area contributed by atoms with Crippen LogP contribution in [0.5, 0.6) is 11.5 Å². The van der Waals surface area contributed by atoms with Crippen LogP contribution in [0.15, 0.2) is 55.1 Å². The first-order valence-corrected chi connectivity index (χ1v) is 9.10. The molecule has 1 aromatic heterocycles. The summed E-state index contributed by atoms with van der Waals surface area (Å²) in [7, 11) is 4.36. The fourth-order valence-electron chi connectivity index (χ4n) is 2.96. The van der Waals surface area contributed by atoms with Crippen LogP contribution < -0.4 is 14.8 Å². The van der Waals surface area contributed by atoms with Gasteiger partial charge in [0.2, 0.25) is 0 Å². The van der Waals surface area contributed by atoms with Crippen molar-refractivity contribution in [1.29, 1.82) is 0 Å². The second kappa shape index (κ2) is 9.55. The number of aromatic nitrogens is 3. The number of hydrogen-bond donors (Lipinski definition) is 1. The molecule has 0 unspecified atom stereocenters. The van der Waals surface area contributed by atoms with Gasteiger partial charge in [0.25, 0.3) is 5.91 Å². The van der Waals surface area contributed by atoms with Crippen molar-refractivity contribution in [1.82, 2.24) is 20.1 Å². The van der Waals surface area contributed by atoms with Crippen molar-refractivity contribution >= 4 is 11.9 Å². The topological polar surface area (TPSA) is 105 Å². The Hall–Kier alpha value is -3.88. The number of esters is 1. The zero-order valence-electron chi connectivity index (χ0n) is 16.9. The Kier molecular flexibility index (Phi) is 6.63. The molecule has 0 aliphatic rings. The second-order valence-electron chi connectivity index (χ2n) is 6.33. The van der Waals surface area contributed by atoms with Crippen molar-refractivity contribution in [2.75, 3.05) is 21.3 Å². The number of methoxy groups -OCH3 is 3. The van der Waals surface area contributed by atoms with Crippen molar-refractivity contribution in [3.05, 3.63) is 66.2 Å². The van der Waals surface area contributed by atoms with Gasteiger partial charge in [-0.3, -0.25) is 14.2 Å². The highest BCUT2D eigenvalue weighted by Gasteiger charge is 2.23. The van der Waals surface area contributed by atoms with Gasteiger partial charge in [-0.15, -0.1) is 10.2 Å². The zero-order valence-corrected chi connectivity index (χ0v) is 16.9. The molecule has 9 heteroatoms. The average molecular weight is 410 g/mol. The summed E-state index contributed by atoms with van der Waals surface area (Å²) in [6, 6.07) is 11.5. The lowest BCUT2D eigenvalue weighted by atomic mass is 10.0. The summed E-state index contributed by atoms with van der Waals surface area (Å²) in [6.45, 7) is 0. The number of rotatable bonds is 8. The zero-order chi connectivity index (χ0) is 21.5. The highest BCUT2D eigenvalue weighted by Crippen LogP contribution is 2.31. The second-order valence-corrected chi connectivity index (χ2v) is 6.33. The van der Waals surface area contributed by atoms with Gasteiger partial charge >= 0.3 is 5.97 Å². The number of benzene rings is 2. The summed E-state index contributed by atoms with van der Waals surface area (Å²) >= 11 is 0. The molecule has 0 aliphatic carbocycles. The van der Waals surface area contributed by atoms with E-state index in [4.69, 9.17) is 14.2 Å². The predicted octanol–water partition coefficient (Wildman–Crippen LogP) is 2.32. The lowest BCUT2D eigenvalue weighted by Crippen LogP contribution is -2.30. The number of nitrogens with one attached hydrogen (secondary N) is 1. The SMILES string of the molecule is COC(=O)C[C@H](NC(=O)c1ccc(-n2cnnc2)cc1)c1ccc(OC)cc1OC. The number of amides is 1. The molecule has 0 spiro atoms. The van der Waals surface area contributed by atoms with Crippen LogP contribution in [0.4, 0.5) is 0 Å². The van der Waals surface area contributed by atoms with E-state index < -0.39 is 12.0 Å². The molecule has 9 nitrogen and oxygen atoms in total. The van der Waals surface area contributed by atoms with Crippen LogP contribution in [0.1, 0.15) is 28.4 Å². The van der Waals surface area contributed by atoms with E-state index in [0.29, 0.717) is 22.6 Å². The Bertz CT molecular complexity index is 1000. The first kappa shape index (κ1) is 20.8. The lowest BCUT2D eigenvalue weighted by molar-refractivity contribution is -0.141.